The molecule has 0 aliphatic heterocycles. The van der Waals surface area contributed by atoms with E-state index < -0.39 is 0 Å². The summed E-state index contributed by atoms with van der Waals surface area (Å²) in [6.45, 7) is 2.33. The van der Waals surface area contributed by atoms with Gasteiger partial charge in [0, 0.05) is 29.8 Å². The fourth-order valence-corrected chi connectivity index (χ4v) is 1.54. The quantitative estimate of drug-likeness (QED) is 0.756. The second kappa shape index (κ2) is 3.72. The molecular weight excluding hydrogens is 178 g/mol. The lowest BCUT2D eigenvalue weighted by Crippen LogP contribution is -2.00. The number of fused-ring (bicyclic) bond motifs is 1. The number of ether oxygens (including phenoxy) is 2. The highest BCUT2D eigenvalue weighted by molar-refractivity contribution is 5.84. The fraction of sp³-hybridized carbons (Fsp3) is 0.273. The van der Waals surface area contributed by atoms with Gasteiger partial charge >= 0.3 is 0 Å². The fourth-order valence-electron chi connectivity index (χ4n) is 1.54. The zero-order chi connectivity index (χ0) is 9.97. The summed E-state index contributed by atoms with van der Waals surface area (Å²) in [5, 5.41) is 1.19. The minimum atomic E-state index is 0.288. The van der Waals surface area contributed by atoms with Crippen molar-refractivity contribution in [3.8, 4) is 5.75 Å². The number of hydrogen-bond donors (Lipinski definition) is 1. The number of H-pyrrole nitrogens is 1. The van der Waals surface area contributed by atoms with E-state index in [-0.39, 0.29) is 6.79 Å². The Balaban J connectivity index is 2.40. The maximum atomic E-state index is 5.43. The van der Waals surface area contributed by atoms with Gasteiger partial charge in [-0.15, -0.1) is 0 Å². The van der Waals surface area contributed by atoms with E-state index in [1.807, 2.05) is 31.3 Å². The van der Waals surface area contributed by atoms with Gasteiger partial charge < -0.3 is 14.5 Å². The number of rotatable bonds is 3. The summed E-state index contributed by atoms with van der Waals surface area (Å²) < 4.78 is 10.3. The van der Waals surface area contributed by atoms with Crippen molar-refractivity contribution in [1.29, 1.82) is 0 Å². The van der Waals surface area contributed by atoms with Crippen molar-refractivity contribution in [2.45, 2.75) is 6.92 Å². The molecule has 0 radical (unpaired) electrons. The molecule has 1 aromatic carbocycles. The van der Waals surface area contributed by atoms with Crippen LogP contribution in [0.3, 0.4) is 0 Å². The highest BCUT2D eigenvalue weighted by Crippen LogP contribution is 2.26. The first-order valence-electron chi connectivity index (χ1n) is 4.51. The number of methoxy groups -OCH3 is 1. The van der Waals surface area contributed by atoms with Gasteiger partial charge in [0.2, 0.25) is 0 Å². The third kappa shape index (κ3) is 1.46. The third-order valence-electron chi connectivity index (χ3n) is 2.29. The lowest BCUT2D eigenvalue weighted by Gasteiger charge is -2.08. The molecule has 0 aliphatic carbocycles. The van der Waals surface area contributed by atoms with Gasteiger partial charge in [0.05, 0.1) is 0 Å². The molecular formula is C11H13NO2. The van der Waals surface area contributed by atoms with Gasteiger partial charge in [-0.2, -0.15) is 0 Å². The predicted molar refractivity (Wildman–Crippen MR) is 55.5 cm³/mol. The van der Waals surface area contributed by atoms with Crippen LogP contribution < -0.4 is 4.74 Å². The minimum absolute atomic E-state index is 0.288. The molecule has 0 saturated heterocycles. The van der Waals surface area contributed by atoms with E-state index in [4.69, 9.17) is 9.47 Å². The minimum Gasteiger partial charge on any atom is -0.467 e. The van der Waals surface area contributed by atoms with E-state index in [2.05, 4.69) is 4.98 Å². The van der Waals surface area contributed by atoms with Crippen LogP contribution in [-0.2, 0) is 4.74 Å². The second-order valence-electron chi connectivity index (χ2n) is 3.18. The number of nitrogens with one attached hydrogen (secondary N) is 1. The molecule has 0 saturated carbocycles. The van der Waals surface area contributed by atoms with Crippen LogP contribution in [0.2, 0.25) is 0 Å². The van der Waals surface area contributed by atoms with Crippen LogP contribution in [0.1, 0.15) is 5.56 Å². The van der Waals surface area contributed by atoms with Gasteiger partial charge in [0.25, 0.3) is 0 Å². The van der Waals surface area contributed by atoms with Gasteiger partial charge in [0.1, 0.15) is 5.75 Å². The molecule has 1 N–H and O–H groups in total. The molecule has 0 unspecified atom stereocenters. The summed E-state index contributed by atoms with van der Waals surface area (Å²) in [6.07, 6.45) is 1.93. The molecule has 3 nitrogen and oxygen atoms in total. The van der Waals surface area contributed by atoms with Gasteiger partial charge in [-0.05, 0) is 25.1 Å². The molecule has 14 heavy (non-hydrogen) atoms. The number of aryl methyl sites for hydroxylation is 1. The van der Waals surface area contributed by atoms with E-state index in [9.17, 15) is 0 Å². The Hall–Kier alpha value is -1.48. The Kier molecular flexibility index (Phi) is 2.41. The largest absolute Gasteiger partial charge is 0.467 e. The van der Waals surface area contributed by atoms with Crippen molar-refractivity contribution in [3.63, 3.8) is 0 Å². The molecule has 0 fully saturated rings. The first-order valence-corrected chi connectivity index (χ1v) is 4.51. The van der Waals surface area contributed by atoms with E-state index >= 15 is 0 Å². The Morgan fingerprint density at radius 1 is 1.29 bits per heavy atom. The summed E-state index contributed by atoms with van der Waals surface area (Å²) in [7, 11) is 1.62. The van der Waals surface area contributed by atoms with Crippen LogP contribution in [0.25, 0.3) is 10.9 Å². The van der Waals surface area contributed by atoms with Gasteiger partial charge in [-0.25, -0.2) is 0 Å². The maximum absolute atomic E-state index is 5.43. The highest BCUT2D eigenvalue weighted by atomic mass is 16.7. The standard InChI is InChI=1S/C11H13NO2/c1-8-9-5-6-12-10(9)3-4-11(8)14-7-13-2/h3-6,12H,7H2,1-2H3. The molecule has 1 heterocycles. The van der Waals surface area contributed by atoms with Gasteiger partial charge in [-0.3, -0.25) is 0 Å². The summed E-state index contributed by atoms with van der Waals surface area (Å²) in [5.41, 5.74) is 2.27. The normalized spacial score (nSPS) is 10.7. The molecule has 0 atom stereocenters. The van der Waals surface area contributed by atoms with E-state index in [0.717, 1.165) is 16.8 Å². The van der Waals surface area contributed by atoms with Gasteiger partial charge in [0.15, 0.2) is 6.79 Å². The third-order valence-corrected chi connectivity index (χ3v) is 2.29. The smallest absolute Gasteiger partial charge is 0.188 e. The van der Waals surface area contributed by atoms with E-state index in [1.165, 1.54) is 5.39 Å². The summed E-state index contributed by atoms with van der Waals surface area (Å²) in [6, 6.07) is 6.00. The lowest BCUT2D eigenvalue weighted by molar-refractivity contribution is 0.0507. The number of benzene rings is 1. The first kappa shape index (κ1) is 9.09. The number of hydrogen-bond acceptors (Lipinski definition) is 2. The van der Waals surface area contributed by atoms with E-state index in [0.29, 0.717) is 0 Å². The Labute approximate surface area is 82.6 Å². The summed E-state index contributed by atoms with van der Waals surface area (Å²) in [4.78, 5) is 3.16. The molecule has 2 aromatic rings. The van der Waals surface area contributed by atoms with Crippen LogP contribution in [-0.4, -0.2) is 18.9 Å². The van der Waals surface area contributed by atoms with Crippen molar-refractivity contribution in [2.75, 3.05) is 13.9 Å². The summed E-state index contributed by atoms with van der Waals surface area (Å²) in [5.74, 6) is 0.874. The van der Waals surface area contributed by atoms with Crippen molar-refractivity contribution in [1.82, 2.24) is 4.98 Å². The zero-order valence-electron chi connectivity index (χ0n) is 8.33. The SMILES string of the molecule is COCOc1ccc2[nH]ccc2c1C. The average molecular weight is 191 g/mol. The molecule has 0 amide bonds. The molecule has 3 heteroatoms. The first-order chi connectivity index (χ1) is 6.83. The second-order valence-corrected chi connectivity index (χ2v) is 3.18. The Bertz CT molecular complexity index is 434. The maximum Gasteiger partial charge on any atom is 0.188 e. The van der Waals surface area contributed by atoms with Crippen LogP contribution in [0.4, 0.5) is 0 Å². The van der Waals surface area contributed by atoms with Crippen molar-refractivity contribution >= 4 is 10.9 Å². The van der Waals surface area contributed by atoms with E-state index in [1.54, 1.807) is 7.11 Å². The average Bonchev–Trinajstić information content (AvgIpc) is 2.66. The molecule has 0 aliphatic rings. The highest BCUT2D eigenvalue weighted by Gasteiger charge is 2.04. The number of aromatic nitrogens is 1. The summed E-state index contributed by atoms with van der Waals surface area (Å²) >= 11 is 0. The van der Waals surface area contributed by atoms with Crippen LogP contribution in [0.15, 0.2) is 24.4 Å². The van der Waals surface area contributed by atoms with Crippen molar-refractivity contribution in [3.05, 3.63) is 30.0 Å². The van der Waals surface area contributed by atoms with Crippen LogP contribution in [0, 0.1) is 6.92 Å². The zero-order valence-corrected chi connectivity index (χ0v) is 8.33. The molecule has 1 aromatic heterocycles. The van der Waals surface area contributed by atoms with Crippen LogP contribution >= 0.6 is 0 Å². The molecule has 2 rings (SSSR count). The molecule has 74 valence electrons. The molecule has 0 bridgehead atoms. The molecule has 0 spiro atoms. The topological polar surface area (TPSA) is 34.2 Å². The number of aromatic amines is 1. The lowest BCUT2D eigenvalue weighted by atomic mass is 10.1. The Morgan fingerprint density at radius 3 is 2.93 bits per heavy atom. The van der Waals surface area contributed by atoms with Crippen LogP contribution in [0.5, 0.6) is 5.75 Å². The van der Waals surface area contributed by atoms with Crippen molar-refractivity contribution < 1.29 is 9.47 Å². The van der Waals surface area contributed by atoms with Gasteiger partial charge in [-0.1, -0.05) is 0 Å². The van der Waals surface area contributed by atoms with Crippen molar-refractivity contribution in [2.24, 2.45) is 0 Å². The predicted octanol–water partition coefficient (Wildman–Crippen LogP) is 2.46. The monoisotopic (exact) mass is 191 g/mol. The Morgan fingerprint density at radius 2 is 2.14 bits per heavy atom.